The van der Waals surface area contributed by atoms with Crippen molar-refractivity contribution in [2.75, 3.05) is 27.2 Å². The van der Waals surface area contributed by atoms with Gasteiger partial charge in [-0.25, -0.2) is 4.98 Å². The van der Waals surface area contributed by atoms with E-state index in [0.717, 1.165) is 10.7 Å². The van der Waals surface area contributed by atoms with Gasteiger partial charge >= 0.3 is 0 Å². The van der Waals surface area contributed by atoms with Gasteiger partial charge in [-0.1, -0.05) is 20.8 Å². The van der Waals surface area contributed by atoms with Crippen molar-refractivity contribution in [2.24, 2.45) is 0 Å². The van der Waals surface area contributed by atoms with E-state index in [1.165, 1.54) is 0 Å². The molecule has 4 nitrogen and oxygen atoms in total. The minimum Gasteiger partial charge on any atom is -0.388 e. The lowest BCUT2D eigenvalue weighted by Crippen LogP contribution is -2.45. The van der Waals surface area contributed by atoms with Gasteiger partial charge in [-0.2, -0.15) is 0 Å². The Balaban J connectivity index is 2.43. The molecule has 0 radical (unpaired) electrons. The van der Waals surface area contributed by atoms with Gasteiger partial charge in [0.1, 0.15) is 5.01 Å². The standard InChI is InChI=1S/C14H27N3OS/c1-13(2,3)11-8-19-12(16-11)7-15-9-14(4,18)10-17(5)6/h8,15,18H,7,9-10H2,1-6H3. The van der Waals surface area contributed by atoms with Gasteiger partial charge in [-0.15, -0.1) is 11.3 Å². The molecule has 0 aliphatic carbocycles. The molecule has 0 bridgehead atoms. The molecule has 1 aromatic heterocycles. The number of aromatic nitrogens is 1. The minimum atomic E-state index is -0.715. The third kappa shape index (κ3) is 5.99. The molecule has 19 heavy (non-hydrogen) atoms. The predicted molar refractivity (Wildman–Crippen MR) is 81.7 cm³/mol. The summed E-state index contributed by atoms with van der Waals surface area (Å²) in [5.74, 6) is 0. The summed E-state index contributed by atoms with van der Waals surface area (Å²) >= 11 is 1.68. The highest BCUT2D eigenvalue weighted by Crippen LogP contribution is 2.23. The molecule has 0 spiro atoms. The molecule has 110 valence electrons. The van der Waals surface area contributed by atoms with Crippen molar-refractivity contribution in [2.45, 2.75) is 45.3 Å². The third-order valence-corrected chi connectivity index (χ3v) is 3.61. The van der Waals surface area contributed by atoms with Crippen LogP contribution in [0, 0.1) is 0 Å². The van der Waals surface area contributed by atoms with Crippen LogP contribution in [0.15, 0.2) is 5.38 Å². The Morgan fingerprint density at radius 1 is 1.32 bits per heavy atom. The zero-order valence-electron chi connectivity index (χ0n) is 12.9. The molecule has 1 aromatic rings. The Morgan fingerprint density at radius 2 is 1.95 bits per heavy atom. The largest absolute Gasteiger partial charge is 0.388 e. The van der Waals surface area contributed by atoms with Crippen molar-refractivity contribution in [3.8, 4) is 0 Å². The van der Waals surface area contributed by atoms with Crippen LogP contribution in [0.4, 0.5) is 0 Å². The van der Waals surface area contributed by atoms with Gasteiger partial charge in [0.15, 0.2) is 0 Å². The summed E-state index contributed by atoms with van der Waals surface area (Å²) in [6, 6.07) is 0. The van der Waals surface area contributed by atoms with E-state index in [9.17, 15) is 5.11 Å². The first kappa shape index (κ1) is 16.6. The molecule has 0 aromatic carbocycles. The number of aliphatic hydroxyl groups is 1. The van der Waals surface area contributed by atoms with Gasteiger partial charge in [0.2, 0.25) is 0 Å². The minimum absolute atomic E-state index is 0.102. The maximum absolute atomic E-state index is 10.2. The SMILES string of the molecule is CN(C)CC(C)(O)CNCc1nc(C(C)(C)C)cs1. The second kappa shape index (κ2) is 6.31. The van der Waals surface area contributed by atoms with Crippen LogP contribution in [0.1, 0.15) is 38.4 Å². The van der Waals surface area contributed by atoms with Crippen LogP contribution < -0.4 is 5.32 Å². The van der Waals surface area contributed by atoms with Crippen LogP contribution in [0.5, 0.6) is 0 Å². The van der Waals surface area contributed by atoms with Gasteiger partial charge in [-0.3, -0.25) is 0 Å². The number of hydrogen-bond donors (Lipinski definition) is 2. The average Bonchev–Trinajstić information content (AvgIpc) is 2.62. The zero-order chi connectivity index (χ0) is 14.7. The lowest BCUT2D eigenvalue weighted by molar-refractivity contribution is 0.0336. The molecule has 0 aliphatic heterocycles. The summed E-state index contributed by atoms with van der Waals surface area (Å²) < 4.78 is 0. The summed E-state index contributed by atoms with van der Waals surface area (Å²) in [4.78, 5) is 6.61. The Hall–Kier alpha value is -0.490. The fraction of sp³-hybridized carbons (Fsp3) is 0.786. The van der Waals surface area contributed by atoms with Crippen LogP contribution in [-0.2, 0) is 12.0 Å². The first-order valence-electron chi connectivity index (χ1n) is 6.63. The highest BCUT2D eigenvalue weighted by Gasteiger charge is 2.21. The Bertz CT molecular complexity index is 394. The average molecular weight is 285 g/mol. The lowest BCUT2D eigenvalue weighted by atomic mass is 9.93. The second-order valence-electron chi connectivity index (χ2n) is 6.71. The fourth-order valence-electron chi connectivity index (χ4n) is 1.91. The van der Waals surface area contributed by atoms with E-state index in [0.29, 0.717) is 19.6 Å². The number of rotatable bonds is 6. The Morgan fingerprint density at radius 3 is 2.42 bits per heavy atom. The molecule has 1 unspecified atom stereocenters. The van der Waals surface area contributed by atoms with Crippen LogP contribution in [0.3, 0.4) is 0 Å². The quantitative estimate of drug-likeness (QED) is 0.837. The smallest absolute Gasteiger partial charge is 0.107 e. The molecule has 0 fully saturated rings. The topological polar surface area (TPSA) is 48.4 Å². The van der Waals surface area contributed by atoms with Gasteiger partial charge in [0.05, 0.1) is 11.3 Å². The van der Waals surface area contributed by atoms with E-state index in [-0.39, 0.29) is 5.41 Å². The molecule has 1 heterocycles. The summed E-state index contributed by atoms with van der Waals surface area (Å²) in [5, 5.41) is 16.7. The van der Waals surface area contributed by atoms with Crippen molar-refractivity contribution in [1.82, 2.24) is 15.2 Å². The van der Waals surface area contributed by atoms with Crippen LogP contribution in [-0.4, -0.2) is 47.8 Å². The first-order chi connectivity index (χ1) is 8.60. The summed E-state index contributed by atoms with van der Waals surface area (Å²) in [7, 11) is 3.93. The van der Waals surface area contributed by atoms with E-state index in [2.05, 4.69) is 36.5 Å². The first-order valence-corrected chi connectivity index (χ1v) is 7.51. The number of hydrogen-bond acceptors (Lipinski definition) is 5. The number of likely N-dealkylation sites (N-methyl/N-ethyl adjacent to an activating group) is 1. The lowest BCUT2D eigenvalue weighted by Gasteiger charge is -2.27. The van der Waals surface area contributed by atoms with E-state index < -0.39 is 5.60 Å². The van der Waals surface area contributed by atoms with E-state index >= 15 is 0 Å². The van der Waals surface area contributed by atoms with Crippen LogP contribution in [0.2, 0.25) is 0 Å². The van der Waals surface area contributed by atoms with Crippen LogP contribution in [0.25, 0.3) is 0 Å². The molecule has 5 heteroatoms. The summed E-state index contributed by atoms with van der Waals surface area (Å²) in [5.41, 5.74) is 0.521. The molecular weight excluding hydrogens is 258 g/mol. The highest BCUT2D eigenvalue weighted by molar-refractivity contribution is 7.09. The van der Waals surface area contributed by atoms with Crippen molar-refractivity contribution in [3.63, 3.8) is 0 Å². The van der Waals surface area contributed by atoms with Gasteiger partial charge in [0.25, 0.3) is 0 Å². The number of thiazole rings is 1. The van der Waals surface area contributed by atoms with Crippen molar-refractivity contribution in [1.29, 1.82) is 0 Å². The highest BCUT2D eigenvalue weighted by atomic mass is 32.1. The monoisotopic (exact) mass is 285 g/mol. The second-order valence-corrected chi connectivity index (χ2v) is 7.66. The predicted octanol–water partition coefficient (Wildman–Crippen LogP) is 1.84. The maximum Gasteiger partial charge on any atom is 0.107 e. The Labute approximate surface area is 120 Å². The Kier molecular flexibility index (Phi) is 5.50. The summed E-state index contributed by atoms with van der Waals surface area (Å²) in [6.45, 7) is 10.3. The summed E-state index contributed by atoms with van der Waals surface area (Å²) in [6.07, 6.45) is 0. The maximum atomic E-state index is 10.2. The van der Waals surface area contributed by atoms with Crippen molar-refractivity contribution < 1.29 is 5.11 Å². The van der Waals surface area contributed by atoms with Gasteiger partial charge < -0.3 is 15.3 Å². The van der Waals surface area contributed by atoms with Crippen molar-refractivity contribution >= 4 is 11.3 Å². The molecule has 0 saturated carbocycles. The van der Waals surface area contributed by atoms with E-state index in [4.69, 9.17) is 0 Å². The third-order valence-electron chi connectivity index (χ3n) is 2.76. The van der Waals surface area contributed by atoms with Crippen molar-refractivity contribution in [3.05, 3.63) is 16.1 Å². The molecule has 0 aliphatic rings. The number of nitrogens with one attached hydrogen (secondary N) is 1. The van der Waals surface area contributed by atoms with E-state index in [1.807, 2.05) is 25.9 Å². The fourth-order valence-corrected chi connectivity index (χ4v) is 2.90. The molecule has 0 amide bonds. The number of nitrogens with zero attached hydrogens (tertiary/aromatic N) is 2. The molecule has 1 atom stereocenters. The van der Waals surface area contributed by atoms with Gasteiger partial charge in [0, 0.05) is 30.4 Å². The van der Waals surface area contributed by atoms with Gasteiger partial charge in [-0.05, 0) is 21.0 Å². The molecule has 0 saturated heterocycles. The molecule has 2 N–H and O–H groups in total. The van der Waals surface area contributed by atoms with E-state index in [1.54, 1.807) is 11.3 Å². The van der Waals surface area contributed by atoms with Crippen LogP contribution >= 0.6 is 11.3 Å². The molecular formula is C14H27N3OS. The normalized spacial score (nSPS) is 15.8. The molecule has 1 rings (SSSR count). The zero-order valence-corrected chi connectivity index (χ0v) is 13.8.